The van der Waals surface area contributed by atoms with Crippen molar-refractivity contribution in [2.75, 3.05) is 40.8 Å². The van der Waals surface area contributed by atoms with Gasteiger partial charge in [0, 0.05) is 17.6 Å². The van der Waals surface area contributed by atoms with Crippen LogP contribution in [0.1, 0.15) is 70.0 Å². The van der Waals surface area contributed by atoms with Gasteiger partial charge in [-0.05, 0) is 76.3 Å². The van der Waals surface area contributed by atoms with Crippen molar-refractivity contribution in [3.63, 3.8) is 0 Å². The molecule has 0 fully saturated rings. The number of aryl methyl sites for hydroxylation is 1. The molecule has 2 unspecified atom stereocenters. The topological polar surface area (TPSA) is 31.7 Å². The Balaban J connectivity index is 0.000000316. The first-order chi connectivity index (χ1) is 14.8. The zero-order chi connectivity index (χ0) is 23.4. The lowest BCUT2D eigenvalue weighted by Crippen LogP contribution is -2.29. The molecule has 4 nitrogen and oxygen atoms in total. The number of rotatable bonds is 11. The van der Waals surface area contributed by atoms with Crippen LogP contribution in [0.15, 0.2) is 41.0 Å². The molecule has 176 valence electrons. The van der Waals surface area contributed by atoms with Crippen molar-refractivity contribution in [3.8, 4) is 0 Å². The van der Waals surface area contributed by atoms with Crippen LogP contribution in [0.4, 0.5) is 0 Å². The highest BCUT2D eigenvalue weighted by Gasteiger charge is 2.22. The maximum atomic E-state index is 6.14. The van der Waals surface area contributed by atoms with Gasteiger partial charge in [-0.1, -0.05) is 64.4 Å². The first-order valence-corrected chi connectivity index (χ1v) is 12.0. The maximum absolute atomic E-state index is 6.14. The number of likely N-dealkylation sites (N-methyl/N-ethyl adjacent to an activating group) is 2. The van der Waals surface area contributed by atoms with E-state index in [9.17, 15) is 0 Å². The van der Waals surface area contributed by atoms with Crippen LogP contribution in [-0.4, -0.2) is 50.6 Å². The van der Waals surface area contributed by atoms with Crippen molar-refractivity contribution < 1.29 is 4.42 Å². The Morgan fingerprint density at radius 3 is 2.13 bits per heavy atom. The molecule has 0 saturated heterocycles. The standard InChI is InChI=1S/C15H27NO.C11H17ClN2/c1-6-13-10-15(17-11-13)14(9-12(4)5)16(7-2)8-3;1-13-8-11(14(2)3)9-6-4-5-7-10(9)12/h10-12,14H,6-9H2,1-5H3;4-7,11,13H,8H2,1-3H3. The Labute approximate surface area is 196 Å². The largest absolute Gasteiger partial charge is 0.467 e. The van der Waals surface area contributed by atoms with Gasteiger partial charge in [-0.3, -0.25) is 4.90 Å². The van der Waals surface area contributed by atoms with Crippen molar-refractivity contribution in [1.29, 1.82) is 0 Å². The maximum Gasteiger partial charge on any atom is 0.121 e. The molecule has 1 aromatic heterocycles. The van der Waals surface area contributed by atoms with Gasteiger partial charge in [0.1, 0.15) is 5.76 Å². The smallest absolute Gasteiger partial charge is 0.121 e. The normalized spacial score (nSPS) is 13.4. The lowest BCUT2D eigenvalue weighted by Gasteiger charge is -2.29. The number of halogens is 1. The summed E-state index contributed by atoms with van der Waals surface area (Å²) in [5.74, 6) is 1.83. The highest BCUT2D eigenvalue weighted by Crippen LogP contribution is 2.29. The van der Waals surface area contributed by atoms with Gasteiger partial charge in [0.2, 0.25) is 0 Å². The summed E-state index contributed by atoms with van der Waals surface area (Å²) in [5, 5.41) is 4.01. The Hall–Kier alpha value is -1.33. The fourth-order valence-corrected chi connectivity index (χ4v) is 4.08. The van der Waals surface area contributed by atoms with E-state index in [1.165, 1.54) is 17.5 Å². The van der Waals surface area contributed by atoms with E-state index in [1.807, 2.05) is 31.5 Å². The minimum absolute atomic E-state index is 0.327. The van der Waals surface area contributed by atoms with Crippen molar-refractivity contribution in [2.45, 2.75) is 59.5 Å². The highest BCUT2D eigenvalue weighted by atomic mass is 35.5. The summed E-state index contributed by atoms with van der Waals surface area (Å²) in [5.41, 5.74) is 2.48. The molecule has 0 aliphatic heterocycles. The number of benzene rings is 1. The van der Waals surface area contributed by atoms with Crippen LogP contribution in [0, 0.1) is 5.92 Å². The molecule has 1 N–H and O–H groups in total. The molecule has 2 rings (SSSR count). The Bertz CT molecular complexity index is 725. The predicted octanol–water partition coefficient (Wildman–Crippen LogP) is 6.43. The van der Waals surface area contributed by atoms with Gasteiger partial charge in [-0.2, -0.15) is 0 Å². The molecule has 0 aliphatic rings. The first kappa shape index (κ1) is 27.7. The zero-order valence-corrected chi connectivity index (χ0v) is 21.7. The predicted molar refractivity (Wildman–Crippen MR) is 135 cm³/mol. The average Bonchev–Trinajstić information content (AvgIpc) is 3.22. The summed E-state index contributed by atoms with van der Waals surface area (Å²) >= 11 is 6.14. The number of nitrogens with one attached hydrogen (secondary N) is 1. The van der Waals surface area contributed by atoms with Gasteiger partial charge in [-0.25, -0.2) is 0 Å². The number of hydrogen-bond acceptors (Lipinski definition) is 4. The molecule has 0 bridgehead atoms. The van der Waals surface area contributed by atoms with Crippen LogP contribution in [0.5, 0.6) is 0 Å². The van der Waals surface area contributed by atoms with Gasteiger partial charge in [0.05, 0.1) is 12.3 Å². The van der Waals surface area contributed by atoms with Crippen LogP contribution in [0.25, 0.3) is 0 Å². The molecule has 5 heteroatoms. The second-order valence-electron chi connectivity index (χ2n) is 8.64. The van der Waals surface area contributed by atoms with E-state index in [-0.39, 0.29) is 0 Å². The monoisotopic (exact) mass is 449 g/mol. The van der Waals surface area contributed by atoms with Crippen LogP contribution >= 0.6 is 11.6 Å². The van der Waals surface area contributed by atoms with Crippen LogP contribution in [0.2, 0.25) is 5.02 Å². The number of hydrogen-bond donors (Lipinski definition) is 1. The van der Waals surface area contributed by atoms with E-state index >= 15 is 0 Å². The molecular formula is C26H44ClN3O. The summed E-state index contributed by atoms with van der Waals surface area (Å²) in [6.07, 6.45) is 4.13. The highest BCUT2D eigenvalue weighted by molar-refractivity contribution is 6.31. The Morgan fingerprint density at radius 1 is 1.03 bits per heavy atom. The van der Waals surface area contributed by atoms with Crippen molar-refractivity contribution in [2.24, 2.45) is 5.92 Å². The molecule has 0 radical (unpaired) electrons. The fraction of sp³-hybridized carbons (Fsp3) is 0.615. The van der Waals surface area contributed by atoms with Crippen molar-refractivity contribution in [1.82, 2.24) is 15.1 Å². The molecular weight excluding hydrogens is 406 g/mol. The molecule has 2 aromatic rings. The fourth-order valence-electron chi connectivity index (χ4n) is 3.82. The SMILES string of the molecule is CCc1coc(C(CC(C)C)N(CC)CC)c1.CNCC(c1ccccc1Cl)N(C)C. The molecule has 0 spiro atoms. The minimum atomic E-state index is 0.327. The van der Waals surface area contributed by atoms with Crippen LogP contribution in [-0.2, 0) is 6.42 Å². The van der Waals surface area contributed by atoms with Gasteiger partial charge >= 0.3 is 0 Å². The summed E-state index contributed by atoms with van der Waals surface area (Å²) in [7, 11) is 6.07. The quantitative estimate of drug-likeness (QED) is 0.428. The average molecular weight is 450 g/mol. The van der Waals surface area contributed by atoms with E-state index in [0.717, 1.165) is 36.8 Å². The summed E-state index contributed by atoms with van der Waals surface area (Å²) in [6.45, 7) is 14.2. The second-order valence-corrected chi connectivity index (χ2v) is 9.04. The van der Waals surface area contributed by atoms with E-state index in [0.29, 0.717) is 18.0 Å². The Morgan fingerprint density at radius 2 is 1.68 bits per heavy atom. The zero-order valence-electron chi connectivity index (χ0n) is 20.9. The molecule has 2 atom stereocenters. The van der Waals surface area contributed by atoms with Gasteiger partial charge < -0.3 is 14.6 Å². The summed E-state index contributed by atoms with van der Waals surface area (Å²) < 4.78 is 5.76. The van der Waals surface area contributed by atoms with Crippen molar-refractivity contribution >= 4 is 11.6 Å². The third-order valence-corrected chi connectivity index (χ3v) is 5.99. The van der Waals surface area contributed by atoms with E-state index < -0.39 is 0 Å². The summed E-state index contributed by atoms with van der Waals surface area (Å²) in [6, 6.07) is 11.0. The van der Waals surface area contributed by atoms with Gasteiger partial charge in [-0.15, -0.1) is 0 Å². The number of furan rings is 1. The number of nitrogens with zero attached hydrogens (tertiary/aromatic N) is 2. The van der Waals surface area contributed by atoms with Gasteiger partial charge in [0.25, 0.3) is 0 Å². The molecule has 0 saturated carbocycles. The lowest BCUT2D eigenvalue weighted by atomic mass is 9.99. The molecule has 1 heterocycles. The van der Waals surface area contributed by atoms with Crippen LogP contribution < -0.4 is 5.32 Å². The molecule has 0 aliphatic carbocycles. The Kier molecular flexibility index (Phi) is 13.1. The third-order valence-electron chi connectivity index (χ3n) is 5.64. The van der Waals surface area contributed by atoms with E-state index in [4.69, 9.17) is 16.0 Å². The molecule has 31 heavy (non-hydrogen) atoms. The summed E-state index contributed by atoms with van der Waals surface area (Å²) in [4.78, 5) is 4.65. The third kappa shape index (κ3) is 8.97. The van der Waals surface area contributed by atoms with E-state index in [1.54, 1.807) is 0 Å². The molecule has 1 aromatic carbocycles. The van der Waals surface area contributed by atoms with Crippen molar-refractivity contribution in [3.05, 3.63) is 58.5 Å². The van der Waals surface area contributed by atoms with Crippen LogP contribution in [0.3, 0.4) is 0 Å². The minimum Gasteiger partial charge on any atom is -0.467 e. The lowest BCUT2D eigenvalue weighted by molar-refractivity contribution is 0.168. The van der Waals surface area contributed by atoms with E-state index in [2.05, 4.69) is 76.0 Å². The van der Waals surface area contributed by atoms with Gasteiger partial charge in [0.15, 0.2) is 0 Å². The molecule has 0 amide bonds. The first-order valence-electron chi connectivity index (χ1n) is 11.7. The second kappa shape index (κ2) is 14.7.